The SMILES string of the molecule is Oc1ccccc1-c1ccc(S)cc1. The summed E-state index contributed by atoms with van der Waals surface area (Å²) >= 11 is 4.21. The lowest BCUT2D eigenvalue weighted by atomic mass is 10.1. The van der Waals surface area contributed by atoms with Gasteiger partial charge in [-0.2, -0.15) is 0 Å². The van der Waals surface area contributed by atoms with Gasteiger partial charge in [-0.1, -0.05) is 30.3 Å². The predicted molar refractivity (Wildman–Crippen MR) is 60.8 cm³/mol. The van der Waals surface area contributed by atoms with Crippen molar-refractivity contribution in [2.24, 2.45) is 0 Å². The highest BCUT2D eigenvalue weighted by atomic mass is 32.1. The van der Waals surface area contributed by atoms with Crippen LogP contribution in [-0.2, 0) is 0 Å². The number of aromatic hydroxyl groups is 1. The Kier molecular flexibility index (Phi) is 2.46. The van der Waals surface area contributed by atoms with Crippen molar-refractivity contribution in [1.82, 2.24) is 0 Å². The van der Waals surface area contributed by atoms with Gasteiger partial charge in [0.25, 0.3) is 0 Å². The summed E-state index contributed by atoms with van der Waals surface area (Å²) in [5, 5.41) is 9.61. The molecule has 0 aromatic heterocycles. The Hall–Kier alpha value is -1.41. The van der Waals surface area contributed by atoms with Crippen LogP contribution in [0.4, 0.5) is 0 Å². The van der Waals surface area contributed by atoms with Crippen LogP contribution in [0.15, 0.2) is 53.4 Å². The molecule has 0 amide bonds. The van der Waals surface area contributed by atoms with E-state index in [4.69, 9.17) is 0 Å². The Labute approximate surface area is 88.4 Å². The summed E-state index contributed by atoms with van der Waals surface area (Å²) in [6.07, 6.45) is 0. The zero-order valence-electron chi connectivity index (χ0n) is 7.51. The van der Waals surface area contributed by atoms with Crippen molar-refractivity contribution in [3.05, 3.63) is 48.5 Å². The Morgan fingerprint density at radius 1 is 0.857 bits per heavy atom. The van der Waals surface area contributed by atoms with Crippen LogP contribution in [0.25, 0.3) is 11.1 Å². The Morgan fingerprint density at radius 3 is 2.14 bits per heavy atom. The van der Waals surface area contributed by atoms with Gasteiger partial charge in [0.05, 0.1) is 0 Å². The summed E-state index contributed by atoms with van der Waals surface area (Å²) in [6.45, 7) is 0. The van der Waals surface area contributed by atoms with Crippen LogP contribution in [-0.4, -0.2) is 5.11 Å². The molecule has 0 heterocycles. The minimum absolute atomic E-state index is 0.305. The van der Waals surface area contributed by atoms with Gasteiger partial charge in [0.15, 0.2) is 0 Å². The van der Waals surface area contributed by atoms with E-state index < -0.39 is 0 Å². The first-order chi connectivity index (χ1) is 6.77. The summed E-state index contributed by atoms with van der Waals surface area (Å²) in [7, 11) is 0. The minimum atomic E-state index is 0.305. The van der Waals surface area contributed by atoms with E-state index in [-0.39, 0.29) is 0 Å². The molecule has 0 saturated carbocycles. The summed E-state index contributed by atoms with van der Waals surface area (Å²) in [5.41, 5.74) is 1.85. The van der Waals surface area contributed by atoms with Crippen LogP contribution in [0.3, 0.4) is 0 Å². The van der Waals surface area contributed by atoms with E-state index in [0.717, 1.165) is 16.0 Å². The fraction of sp³-hybridized carbons (Fsp3) is 0. The Bertz CT molecular complexity index is 434. The van der Waals surface area contributed by atoms with Crippen LogP contribution in [0.5, 0.6) is 5.75 Å². The average molecular weight is 202 g/mol. The molecule has 0 aliphatic rings. The van der Waals surface area contributed by atoms with Crippen LogP contribution in [0.2, 0.25) is 0 Å². The third kappa shape index (κ3) is 1.75. The van der Waals surface area contributed by atoms with Crippen molar-refractivity contribution in [2.75, 3.05) is 0 Å². The first-order valence-electron chi connectivity index (χ1n) is 4.35. The molecule has 0 spiro atoms. The lowest BCUT2D eigenvalue weighted by Gasteiger charge is -2.03. The van der Waals surface area contributed by atoms with Crippen molar-refractivity contribution >= 4 is 12.6 Å². The normalized spacial score (nSPS) is 10.1. The topological polar surface area (TPSA) is 20.2 Å². The number of rotatable bonds is 1. The van der Waals surface area contributed by atoms with Crippen molar-refractivity contribution in [3.8, 4) is 16.9 Å². The molecule has 70 valence electrons. The van der Waals surface area contributed by atoms with Crippen LogP contribution >= 0.6 is 12.6 Å². The lowest BCUT2D eigenvalue weighted by molar-refractivity contribution is 0.477. The summed E-state index contributed by atoms with van der Waals surface area (Å²) < 4.78 is 0. The molecule has 2 aromatic carbocycles. The van der Waals surface area contributed by atoms with Gasteiger partial charge in [-0.3, -0.25) is 0 Å². The fourth-order valence-electron chi connectivity index (χ4n) is 1.36. The van der Waals surface area contributed by atoms with E-state index in [1.165, 1.54) is 0 Å². The number of para-hydroxylation sites is 1. The van der Waals surface area contributed by atoms with Crippen molar-refractivity contribution in [3.63, 3.8) is 0 Å². The van der Waals surface area contributed by atoms with Gasteiger partial charge < -0.3 is 5.11 Å². The second kappa shape index (κ2) is 3.76. The smallest absolute Gasteiger partial charge is 0.123 e. The molecule has 2 rings (SSSR count). The number of hydrogen-bond acceptors (Lipinski definition) is 2. The summed E-state index contributed by atoms with van der Waals surface area (Å²) in [5.74, 6) is 0.305. The molecule has 0 radical (unpaired) electrons. The Morgan fingerprint density at radius 2 is 1.50 bits per heavy atom. The van der Waals surface area contributed by atoms with E-state index in [2.05, 4.69) is 12.6 Å². The Balaban J connectivity index is 2.50. The number of thiol groups is 1. The van der Waals surface area contributed by atoms with Gasteiger partial charge >= 0.3 is 0 Å². The number of phenols is 1. The molecule has 0 aliphatic heterocycles. The van der Waals surface area contributed by atoms with Crippen molar-refractivity contribution < 1.29 is 5.11 Å². The van der Waals surface area contributed by atoms with Crippen molar-refractivity contribution in [1.29, 1.82) is 0 Å². The molecule has 14 heavy (non-hydrogen) atoms. The number of benzene rings is 2. The molecular formula is C12H10OS. The van der Waals surface area contributed by atoms with Crippen LogP contribution in [0.1, 0.15) is 0 Å². The van der Waals surface area contributed by atoms with E-state index in [1.54, 1.807) is 6.07 Å². The fourth-order valence-corrected chi connectivity index (χ4v) is 1.51. The zero-order valence-corrected chi connectivity index (χ0v) is 8.41. The molecular weight excluding hydrogens is 192 g/mol. The van der Waals surface area contributed by atoms with Gasteiger partial charge in [-0.05, 0) is 23.8 Å². The zero-order chi connectivity index (χ0) is 9.97. The molecule has 0 bridgehead atoms. The number of hydrogen-bond donors (Lipinski definition) is 2. The van der Waals surface area contributed by atoms with Crippen LogP contribution in [0, 0.1) is 0 Å². The van der Waals surface area contributed by atoms with E-state index >= 15 is 0 Å². The molecule has 2 heteroatoms. The molecule has 1 nitrogen and oxygen atoms in total. The third-order valence-electron chi connectivity index (χ3n) is 2.08. The summed E-state index contributed by atoms with van der Waals surface area (Å²) in [4.78, 5) is 0.921. The van der Waals surface area contributed by atoms with Gasteiger partial charge in [0.1, 0.15) is 5.75 Å². The van der Waals surface area contributed by atoms with E-state index in [0.29, 0.717) is 5.75 Å². The van der Waals surface area contributed by atoms with Gasteiger partial charge in [0.2, 0.25) is 0 Å². The highest BCUT2D eigenvalue weighted by Crippen LogP contribution is 2.28. The number of phenolic OH excluding ortho intramolecular Hbond substituents is 1. The lowest BCUT2D eigenvalue weighted by Crippen LogP contribution is -1.77. The third-order valence-corrected chi connectivity index (χ3v) is 2.38. The maximum atomic E-state index is 9.61. The average Bonchev–Trinajstić information content (AvgIpc) is 2.20. The second-order valence-corrected chi connectivity index (χ2v) is 3.58. The minimum Gasteiger partial charge on any atom is -0.507 e. The molecule has 0 saturated heterocycles. The first kappa shape index (κ1) is 9.16. The van der Waals surface area contributed by atoms with E-state index in [9.17, 15) is 5.11 Å². The van der Waals surface area contributed by atoms with Crippen LogP contribution < -0.4 is 0 Å². The largest absolute Gasteiger partial charge is 0.507 e. The van der Waals surface area contributed by atoms with Crippen molar-refractivity contribution in [2.45, 2.75) is 4.90 Å². The standard InChI is InChI=1S/C12H10OS/c13-12-4-2-1-3-11(12)9-5-7-10(14)8-6-9/h1-8,13-14H. The molecule has 0 atom stereocenters. The maximum Gasteiger partial charge on any atom is 0.123 e. The predicted octanol–water partition coefficient (Wildman–Crippen LogP) is 3.35. The highest BCUT2D eigenvalue weighted by Gasteiger charge is 2.01. The highest BCUT2D eigenvalue weighted by molar-refractivity contribution is 7.80. The monoisotopic (exact) mass is 202 g/mol. The molecule has 0 aliphatic carbocycles. The van der Waals surface area contributed by atoms with Gasteiger partial charge in [0, 0.05) is 10.5 Å². The van der Waals surface area contributed by atoms with E-state index in [1.807, 2.05) is 42.5 Å². The molecule has 0 unspecified atom stereocenters. The molecule has 2 aromatic rings. The van der Waals surface area contributed by atoms with Gasteiger partial charge in [-0.25, -0.2) is 0 Å². The van der Waals surface area contributed by atoms with Gasteiger partial charge in [-0.15, -0.1) is 12.6 Å². The summed E-state index contributed by atoms with van der Waals surface area (Å²) in [6, 6.07) is 15.0. The second-order valence-electron chi connectivity index (χ2n) is 3.06. The quantitative estimate of drug-likeness (QED) is 0.679. The molecule has 1 N–H and O–H groups in total. The maximum absolute atomic E-state index is 9.61. The molecule has 0 fully saturated rings. The first-order valence-corrected chi connectivity index (χ1v) is 4.79.